The highest BCUT2D eigenvalue weighted by Gasteiger charge is 2.27. The van der Waals surface area contributed by atoms with Crippen LogP contribution in [0.2, 0.25) is 0 Å². The van der Waals surface area contributed by atoms with Crippen molar-refractivity contribution in [2.75, 3.05) is 13.2 Å². The van der Waals surface area contributed by atoms with Gasteiger partial charge in [-0.3, -0.25) is 19.7 Å². The van der Waals surface area contributed by atoms with E-state index in [2.05, 4.69) is 0 Å². The van der Waals surface area contributed by atoms with Crippen molar-refractivity contribution in [1.82, 2.24) is 4.90 Å². The molecule has 1 fully saturated rings. The van der Waals surface area contributed by atoms with E-state index in [-0.39, 0.29) is 11.6 Å². The van der Waals surface area contributed by atoms with Gasteiger partial charge in [0.05, 0.1) is 11.5 Å². The van der Waals surface area contributed by atoms with Gasteiger partial charge >= 0.3 is 0 Å². The van der Waals surface area contributed by atoms with E-state index in [1.807, 2.05) is 0 Å². The molecule has 0 bridgehead atoms. The largest absolute Gasteiger partial charge is 0.349 e. The van der Waals surface area contributed by atoms with Gasteiger partial charge in [-0.25, -0.2) is 0 Å². The number of rotatable bonds is 4. The first-order chi connectivity index (χ1) is 9.61. The number of amides is 1. The van der Waals surface area contributed by atoms with E-state index < -0.39 is 11.2 Å². The molecule has 2 rings (SSSR count). The molecule has 104 valence electrons. The van der Waals surface area contributed by atoms with Crippen LogP contribution >= 0.6 is 0 Å². The molecule has 1 unspecified atom stereocenters. The van der Waals surface area contributed by atoms with E-state index in [1.165, 1.54) is 35.3 Å². The summed E-state index contributed by atoms with van der Waals surface area (Å²) in [5.41, 5.74) is 0.491. The molecular weight excluding hydrogens is 264 g/mol. The van der Waals surface area contributed by atoms with Crippen LogP contribution < -0.4 is 0 Å². The summed E-state index contributed by atoms with van der Waals surface area (Å²) >= 11 is 0. The fourth-order valence-electron chi connectivity index (χ4n) is 1.84. The topological polar surface area (TPSA) is 89.8 Å². The minimum Gasteiger partial charge on any atom is -0.349 e. The molecule has 1 aromatic rings. The standard InChI is InChI=1S/C13H12N2O5/c16-9-13-14(6-7-20-13)12(17)5-4-10-2-1-3-11(8-10)15(18)19/h1-5,8-9,13H,6-7H2. The first-order valence-corrected chi connectivity index (χ1v) is 5.92. The van der Waals surface area contributed by atoms with Crippen LogP contribution in [0.5, 0.6) is 0 Å². The summed E-state index contributed by atoms with van der Waals surface area (Å²) in [4.78, 5) is 34.0. The number of carbonyl (C=O) groups excluding carboxylic acids is 2. The van der Waals surface area contributed by atoms with Crippen LogP contribution in [0.25, 0.3) is 6.08 Å². The van der Waals surface area contributed by atoms with Crippen molar-refractivity contribution in [2.24, 2.45) is 0 Å². The fraction of sp³-hybridized carbons (Fsp3) is 0.231. The van der Waals surface area contributed by atoms with Gasteiger partial charge in [-0.05, 0) is 11.6 Å². The summed E-state index contributed by atoms with van der Waals surface area (Å²) in [6.07, 6.45) is 2.45. The number of hydrogen-bond acceptors (Lipinski definition) is 5. The van der Waals surface area contributed by atoms with Gasteiger partial charge in [0.15, 0.2) is 12.5 Å². The van der Waals surface area contributed by atoms with E-state index in [4.69, 9.17) is 4.74 Å². The summed E-state index contributed by atoms with van der Waals surface area (Å²) in [5.74, 6) is -0.369. The summed E-state index contributed by atoms with van der Waals surface area (Å²) in [7, 11) is 0. The summed E-state index contributed by atoms with van der Waals surface area (Å²) in [5, 5.41) is 10.6. The van der Waals surface area contributed by atoms with Crippen molar-refractivity contribution in [3.05, 3.63) is 46.0 Å². The van der Waals surface area contributed by atoms with Crippen molar-refractivity contribution >= 4 is 24.0 Å². The average molecular weight is 276 g/mol. The molecule has 7 nitrogen and oxygen atoms in total. The van der Waals surface area contributed by atoms with E-state index in [9.17, 15) is 19.7 Å². The molecule has 1 amide bonds. The zero-order valence-corrected chi connectivity index (χ0v) is 10.5. The lowest BCUT2D eigenvalue weighted by Crippen LogP contribution is -2.35. The first kappa shape index (κ1) is 13.9. The quantitative estimate of drug-likeness (QED) is 0.354. The molecule has 0 aromatic heterocycles. The lowest BCUT2D eigenvalue weighted by atomic mass is 10.2. The third-order valence-corrected chi connectivity index (χ3v) is 2.83. The number of nitrogens with zero attached hydrogens (tertiary/aromatic N) is 2. The monoisotopic (exact) mass is 276 g/mol. The Labute approximate surface area is 114 Å². The normalized spacial score (nSPS) is 18.4. The van der Waals surface area contributed by atoms with Gasteiger partial charge < -0.3 is 9.64 Å². The molecule has 0 radical (unpaired) electrons. The van der Waals surface area contributed by atoms with E-state index >= 15 is 0 Å². The molecule has 7 heteroatoms. The molecule has 1 aliphatic rings. The third-order valence-electron chi connectivity index (χ3n) is 2.83. The van der Waals surface area contributed by atoms with Crippen LogP contribution in [0.4, 0.5) is 5.69 Å². The minimum absolute atomic E-state index is 0.0464. The second kappa shape index (κ2) is 6.07. The van der Waals surface area contributed by atoms with Crippen molar-refractivity contribution in [3.8, 4) is 0 Å². The number of nitro groups is 1. The Bertz CT molecular complexity index is 570. The Morgan fingerprint density at radius 2 is 2.30 bits per heavy atom. The maximum absolute atomic E-state index is 11.9. The predicted octanol–water partition coefficient (Wildman–Crippen LogP) is 0.992. The molecule has 20 heavy (non-hydrogen) atoms. The lowest BCUT2D eigenvalue weighted by Gasteiger charge is -2.16. The van der Waals surface area contributed by atoms with Gasteiger partial charge in [0.25, 0.3) is 5.69 Å². The zero-order valence-electron chi connectivity index (χ0n) is 10.5. The number of ether oxygens (including phenoxy) is 1. The Kier molecular flexibility index (Phi) is 4.21. The van der Waals surface area contributed by atoms with Crippen LogP contribution in [0, 0.1) is 10.1 Å². The van der Waals surface area contributed by atoms with E-state index in [0.29, 0.717) is 25.0 Å². The smallest absolute Gasteiger partial charge is 0.270 e. The van der Waals surface area contributed by atoms with Crippen molar-refractivity contribution in [1.29, 1.82) is 0 Å². The van der Waals surface area contributed by atoms with Crippen molar-refractivity contribution < 1.29 is 19.2 Å². The number of hydrogen-bond donors (Lipinski definition) is 0. The number of aldehydes is 1. The summed E-state index contributed by atoms with van der Waals surface area (Å²) in [6, 6.07) is 5.92. The van der Waals surface area contributed by atoms with Crippen molar-refractivity contribution in [2.45, 2.75) is 6.23 Å². The maximum atomic E-state index is 11.9. The molecule has 0 saturated carbocycles. The number of carbonyl (C=O) groups is 2. The third kappa shape index (κ3) is 3.07. The van der Waals surface area contributed by atoms with E-state index in [0.717, 1.165) is 0 Å². The molecule has 0 spiro atoms. The van der Waals surface area contributed by atoms with Crippen LogP contribution in [0.3, 0.4) is 0 Å². The highest BCUT2D eigenvalue weighted by molar-refractivity contribution is 5.93. The van der Waals surface area contributed by atoms with Gasteiger partial charge in [0, 0.05) is 24.8 Å². The van der Waals surface area contributed by atoms with Gasteiger partial charge in [-0.1, -0.05) is 12.1 Å². The second-order valence-electron chi connectivity index (χ2n) is 4.11. The second-order valence-corrected chi connectivity index (χ2v) is 4.11. The van der Waals surface area contributed by atoms with Gasteiger partial charge in [-0.15, -0.1) is 0 Å². The lowest BCUT2D eigenvalue weighted by molar-refractivity contribution is -0.384. The van der Waals surface area contributed by atoms with Crippen molar-refractivity contribution in [3.63, 3.8) is 0 Å². The minimum atomic E-state index is -0.850. The Morgan fingerprint density at radius 1 is 1.50 bits per heavy atom. The Hall–Kier alpha value is -2.54. The molecule has 1 heterocycles. The molecule has 1 saturated heterocycles. The fourth-order valence-corrected chi connectivity index (χ4v) is 1.84. The first-order valence-electron chi connectivity index (χ1n) is 5.92. The molecule has 0 N–H and O–H groups in total. The molecular formula is C13H12N2O5. The molecule has 1 aromatic carbocycles. The van der Waals surface area contributed by atoms with Crippen LogP contribution in [-0.2, 0) is 14.3 Å². The van der Waals surface area contributed by atoms with E-state index in [1.54, 1.807) is 6.07 Å². The average Bonchev–Trinajstić information content (AvgIpc) is 2.93. The maximum Gasteiger partial charge on any atom is 0.270 e. The Morgan fingerprint density at radius 3 is 3.00 bits per heavy atom. The highest BCUT2D eigenvalue weighted by Crippen LogP contribution is 2.15. The number of nitro benzene ring substituents is 1. The SMILES string of the molecule is O=CC1OCCN1C(=O)C=Cc1cccc([N+](=O)[O-])c1. The highest BCUT2D eigenvalue weighted by atomic mass is 16.6. The summed E-state index contributed by atoms with van der Waals surface area (Å²) < 4.78 is 5.05. The van der Waals surface area contributed by atoms with Gasteiger partial charge in [0.2, 0.25) is 5.91 Å². The summed E-state index contributed by atoms with van der Waals surface area (Å²) in [6.45, 7) is 0.668. The molecule has 1 atom stereocenters. The molecule has 0 aliphatic carbocycles. The predicted molar refractivity (Wildman–Crippen MR) is 69.6 cm³/mol. The van der Waals surface area contributed by atoms with Crippen LogP contribution in [-0.4, -0.2) is 41.4 Å². The Balaban J connectivity index is 2.09. The van der Waals surface area contributed by atoms with Crippen LogP contribution in [0.15, 0.2) is 30.3 Å². The van der Waals surface area contributed by atoms with Gasteiger partial charge in [-0.2, -0.15) is 0 Å². The van der Waals surface area contributed by atoms with Gasteiger partial charge in [0.1, 0.15) is 0 Å². The van der Waals surface area contributed by atoms with Crippen LogP contribution in [0.1, 0.15) is 5.56 Å². The zero-order chi connectivity index (χ0) is 14.5. The number of benzene rings is 1. The number of non-ortho nitro benzene ring substituents is 1. The molecule has 1 aliphatic heterocycles.